The van der Waals surface area contributed by atoms with Crippen molar-refractivity contribution in [2.24, 2.45) is 18.7 Å². The Balaban J connectivity index is 1.75. The number of nitrogens with zero attached hydrogens (tertiary/aromatic N) is 2. The van der Waals surface area contributed by atoms with Crippen LogP contribution >= 0.6 is 0 Å². The molecular formula is C16H27N3O. The average Bonchev–Trinajstić information content (AvgIpc) is 3.05. The van der Waals surface area contributed by atoms with Gasteiger partial charge in [-0.05, 0) is 44.1 Å². The fourth-order valence-electron chi connectivity index (χ4n) is 4.01. The Kier molecular flexibility index (Phi) is 3.87. The Bertz CT molecular complexity index is 462. The third-order valence-electron chi connectivity index (χ3n) is 5.22. The highest BCUT2D eigenvalue weighted by Crippen LogP contribution is 2.44. The van der Waals surface area contributed by atoms with Gasteiger partial charge in [0, 0.05) is 19.7 Å². The molecule has 2 N–H and O–H groups in total. The Hall–Kier alpha value is -0.870. The van der Waals surface area contributed by atoms with Gasteiger partial charge in [-0.25, -0.2) is 0 Å². The summed E-state index contributed by atoms with van der Waals surface area (Å²) in [6.07, 6.45) is 8.25. The molecule has 1 aliphatic carbocycles. The van der Waals surface area contributed by atoms with E-state index in [1.807, 2.05) is 11.7 Å². The second kappa shape index (κ2) is 5.49. The standard InChI is InChI=1S/C16H27N3O/c1-3-13-10-14(19(2)18-13)15(17)12-6-9-20-16(11-12)7-4-5-8-16/h10,12,15H,3-9,11,17H2,1-2H3. The summed E-state index contributed by atoms with van der Waals surface area (Å²) in [4.78, 5) is 0. The first-order valence-electron chi connectivity index (χ1n) is 8.06. The fourth-order valence-corrected chi connectivity index (χ4v) is 4.01. The smallest absolute Gasteiger partial charge is 0.0686 e. The highest BCUT2D eigenvalue weighted by atomic mass is 16.5. The first-order valence-corrected chi connectivity index (χ1v) is 8.06. The molecule has 4 nitrogen and oxygen atoms in total. The van der Waals surface area contributed by atoms with Gasteiger partial charge in [-0.3, -0.25) is 4.68 Å². The monoisotopic (exact) mass is 277 g/mol. The van der Waals surface area contributed by atoms with Crippen molar-refractivity contribution < 1.29 is 4.74 Å². The minimum absolute atomic E-state index is 0.0918. The molecule has 4 heteroatoms. The van der Waals surface area contributed by atoms with E-state index in [1.165, 1.54) is 31.4 Å². The fraction of sp³-hybridized carbons (Fsp3) is 0.812. The third kappa shape index (κ3) is 2.51. The molecule has 0 bridgehead atoms. The molecule has 2 heterocycles. The van der Waals surface area contributed by atoms with Crippen LogP contribution in [-0.2, 0) is 18.2 Å². The molecule has 3 rings (SSSR count). The van der Waals surface area contributed by atoms with Gasteiger partial charge in [0.05, 0.1) is 17.0 Å². The molecule has 1 saturated carbocycles. The number of rotatable bonds is 3. The van der Waals surface area contributed by atoms with Crippen LogP contribution in [0.3, 0.4) is 0 Å². The van der Waals surface area contributed by atoms with Gasteiger partial charge >= 0.3 is 0 Å². The molecular weight excluding hydrogens is 250 g/mol. The minimum Gasteiger partial charge on any atom is -0.375 e. The number of hydrogen-bond donors (Lipinski definition) is 1. The summed E-state index contributed by atoms with van der Waals surface area (Å²) >= 11 is 0. The van der Waals surface area contributed by atoms with E-state index in [9.17, 15) is 0 Å². The van der Waals surface area contributed by atoms with E-state index in [2.05, 4.69) is 18.1 Å². The maximum atomic E-state index is 6.57. The zero-order chi connectivity index (χ0) is 14.2. The minimum atomic E-state index is 0.0918. The van der Waals surface area contributed by atoms with Crippen LogP contribution in [-0.4, -0.2) is 22.0 Å². The van der Waals surface area contributed by atoms with Crippen LogP contribution in [0.5, 0.6) is 0 Å². The quantitative estimate of drug-likeness (QED) is 0.924. The molecule has 0 aromatic carbocycles. The van der Waals surface area contributed by atoms with Crippen LogP contribution in [0.15, 0.2) is 6.07 Å². The van der Waals surface area contributed by atoms with E-state index >= 15 is 0 Å². The van der Waals surface area contributed by atoms with Gasteiger partial charge in [0.25, 0.3) is 0 Å². The van der Waals surface area contributed by atoms with Crippen molar-refractivity contribution in [3.63, 3.8) is 0 Å². The van der Waals surface area contributed by atoms with Gasteiger partial charge in [0.15, 0.2) is 0 Å². The lowest BCUT2D eigenvalue weighted by Gasteiger charge is -2.40. The number of hydrogen-bond acceptors (Lipinski definition) is 3. The van der Waals surface area contributed by atoms with Crippen molar-refractivity contribution in [2.45, 2.75) is 63.5 Å². The lowest BCUT2D eigenvalue weighted by atomic mass is 9.80. The molecule has 112 valence electrons. The van der Waals surface area contributed by atoms with Gasteiger partial charge < -0.3 is 10.5 Å². The van der Waals surface area contributed by atoms with Crippen molar-refractivity contribution in [3.05, 3.63) is 17.5 Å². The summed E-state index contributed by atoms with van der Waals surface area (Å²) < 4.78 is 8.09. The zero-order valence-electron chi connectivity index (χ0n) is 12.8. The lowest BCUT2D eigenvalue weighted by Crippen LogP contribution is -2.41. The molecule has 20 heavy (non-hydrogen) atoms. The van der Waals surface area contributed by atoms with Gasteiger partial charge in [-0.1, -0.05) is 19.8 Å². The van der Waals surface area contributed by atoms with E-state index in [0.717, 1.165) is 31.6 Å². The molecule has 1 saturated heterocycles. The highest BCUT2D eigenvalue weighted by Gasteiger charge is 2.42. The molecule has 2 unspecified atom stereocenters. The van der Waals surface area contributed by atoms with E-state index in [-0.39, 0.29) is 11.6 Å². The summed E-state index contributed by atoms with van der Waals surface area (Å²) in [6, 6.07) is 2.27. The second-order valence-corrected chi connectivity index (χ2v) is 6.55. The Morgan fingerprint density at radius 2 is 2.25 bits per heavy atom. The molecule has 2 aliphatic rings. The SMILES string of the molecule is CCc1cc(C(N)C2CCOC3(CCCC3)C2)n(C)n1. The van der Waals surface area contributed by atoms with E-state index in [1.54, 1.807) is 0 Å². The summed E-state index contributed by atoms with van der Waals surface area (Å²) in [5.74, 6) is 0.530. The van der Waals surface area contributed by atoms with Gasteiger partial charge in [0.1, 0.15) is 0 Å². The maximum absolute atomic E-state index is 6.57. The van der Waals surface area contributed by atoms with Gasteiger partial charge in [0.2, 0.25) is 0 Å². The predicted octanol–water partition coefficient (Wildman–Crippen LogP) is 2.72. The summed E-state index contributed by atoms with van der Waals surface area (Å²) in [7, 11) is 2.01. The van der Waals surface area contributed by atoms with Crippen LogP contribution in [0.2, 0.25) is 0 Å². The molecule has 0 amide bonds. The molecule has 0 radical (unpaired) electrons. The zero-order valence-corrected chi connectivity index (χ0v) is 12.8. The van der Waals surface area contributed by atoms with Gasteiger partial charge in [-0.15, -0.1) is 0 Å². The van der Waals surface area contributed by atoms with E-state index < -0.39 is 0 Å². The number of ether oxygens (including phenoxy) is 1. The predicted molar refractivity (Wildman–Crippen MR) is 79.4 cm³/mol. The summed E-state index contributed by atoms with van der Waals surface area (Å²) in [5, 5.41) is 4.54. The number of aryl methyl sites for hydroxylation is 2. The molecule has 1 aromatic heterocycles. The number of nitrogens with two attached hydrogens (primary N) is 1. The topological polar surface area (TPSA) is 53.1 Å². The van der Waals surface area contributed by atoms with Crippen LogP contribution < -0.4 is 5.73 Å². The van der Waals surface area contributed by atoms with Crippen LogP contribution in [0.1, 0.15) is 62.9 Å². The Labute approximate surface area is 121 Å². The average molecular weight is 277 g/mol. The first kappa shape index (κ1) is 14.1. The van der Waals surface area contributed by atoms with Crippen molar-refractivity contribution in [1.82, 2.24) is 9.78 Å². The van der Waals surface area contributed by atoms with E-state index in [0.29, 0.717) is 5.92 Å². The molecule has 2 fully saturated rings. The largest absolute Gasteiger partial charge is 0.375 e. The van der Waals surface area contributed by atoms with Crippen LogP contribution in [0.4, 0.5) is 0 Å². The van der Waals surface area contributed by atoms with Crippen molar-refractivity contribution in [1.29, 1.82) is 0 Å². The molecule has 2 atom stereocenters. The van der Waals surface area contributed by atoms with Crippen molar-refractivity contribution >= 4 is 0 Å². The van der Waals surface area contributed by atoms with Crippen molar-refractivity contribution in [3.8, 4) is 0 Å². The highest BCUT2D eigenvalue weighted by molar-refractivity contribution is 5.15. The Morgan fingerprint density at radius 1 is 1.50 bits per heavy atom. The molecule has 1 aliphatic heterocycles. The summed E-state index contributed by atoms with van der Waals surface area (Å²) in [5.41, 5.74) is 9.04. The third-order valence-corrected chi connectivity index (χ3v) is 5.22. The van der Waals surface area contributed by atoms with Gasteiger partial charge in [-0.2, -0.15) is 5.10 Å². The van der Waals surface area contributed by atoms with Crippen LogP contribution in [0, 0.1) is 5.92 Å². The maximum Gasteiger partial charge on any atom is 0.0686 e. The first-order chi connectivity index (χ1) is 9.63. The van der Waals surface area contributed by atoms with E-state index in [4.69, 9.17) is 10.5 Å². The second-order valence-electron chi connectivity index (χ2n) is 6.55. The Morgan fingerprint density at radius 3 is 2.90 bits per heavy atom. The number of aromatic nitrogens is 2. The molecule has 1 aromatic rings. The lowest BCUT2D eigenvalue weighted by molar-refractivity contribution is -0.0966. The molecule has 1 spiro atoms. The normalized spacial score (nSPS) is 27.1. The summed E-state index contributed by atoms with van der Waals surface area (Å²) in [6.45, 7) is 3.01. The van der Waals surface area contributed by atoms with Crippen molar-refractivity contribution in [2.75, 3.05) is 6.61 Å². The van der Waals surface area contributed by atoms with Crippen LogP contribution in [0.25, 0.3) is 0 Å².